The van der Waals surface area contributed by atoms with Crippen molar-refractivity contribution in [1.82, 2.24) is 0 Å². The van der Waals surface area contributed by atoms with Gasteiger partial charge in [0.15, 0.2) is 0 Å². The number of unbranched alkanes of at least 4 members (excludes halogenated alkanes) is 7. The number of allylic oxidation sites excluding steroid dienone is 4. The van der Waals surface area contributed by atoms with Crippen molar-refractivity contribution in [2.24, 2.45) is 0 Å². The Hall–Kier alpha value is -3.76. The summed E-state index contributed by atoms with van der Waals surface area (Å²) in [5, 5.41) is 5.32. The van der Waals surface area contributed by atoms with E-state index in [-0.39, 0.29) is 5.41 Å². The molecule has 0 N–H and O–H groups in total. The largest absolute Gasteiger partial charge is 0.314 e. The minimum Gasteiger partial charge on any atom is -0.314 e. The van der Waals surface area contributed by atoms with Gasteiger partial charge >= 0.3 is 0 Å². The van der Waals surface area contributed by atoms with Gasteiger partial charge in [-0.3, -0.25) is 0 Å². The van der Waals surface area contributed by atoms with E-state index in [4.69, 9.17) is 0 Å². The van der Waals surface area contributed by atoms with E-state index >= 15 is 4.57 Å². The van der Waals surface area contributed by atoms with Crippen LogP contribution in [0.15, 0.2) is 127 Å². The van der Waals surface area contributed by atoms with Gasteiger partial charge in [0.05, 0.1) is 0 Å². The molecule has 5 aromatic rings. The highest BCUT2D eigenvalue weighted by Crippen LogP contribution is 2.65. The highest BCUT2D eigenvalue weighted by atomic mass is 31.2. The molecule has 0 saturated heterocycles. The molecule has 1 nitrogen and oxygen atoms in total. The Morgan fingerprint density at radius 3 is 2.04 bits per heavy atom. The molecule has 3 unspecified atom stereocenters. The fourth-order valence-corrected chi connectivity index (χ4v) is 16.2. The van der Waals surface area contributed by atoms with Gasteiger partial charge in [-0.05, 0) is 112 Å². The number of hydrogen-bond donors (Lipinski definition) is 0. The summed E-state index contributed by atoms with van der Waals surface area (Å²) in [7, 11) is -3.41. The summed E-state index contributed by atoms with van der Waals surface area (Å²) < 4.78 is 15.9. The van der Waals surface area contributed by atoms with Crippen LogP contribution in [0.5, 0.6) is 0 Å². The monoisotopic (exact) mass is 758 g/mol. The molecule has 55 heavy (non-hydrogen) atoms. The van der Waals surface area contributed by atoms with Crippen molar-refractivity contribution in [3.63, 3.8) is 0 Å². The van der Waals surface area contributed by atoms with E-state index in [0.29, 0.717) is 6.16 Å². The van der Waals surface area contributed by atoms with Crippen LogP contribution in [0.25, 0.3) is 27.8 Å². The molecule has 280 valence electrons. The Balaban J connectivity index is 1.19. The fraction of sp³-hybridized carbons (Fsp3) is 0.346. The van der Waals surface area contributed by atoms with Gasteiger partial charge < -0.3 is 4.57 Å². The third kappa shape index (κ3) is 6.49. The van der Waals surface area contributed by atoms with E-state index in [9.17, 15) is 0 Å². The molecule has 0 fully saturated rings. The zero-order valence-electron chi connectivity index (χ0n) is 33.0. The fourth-order valence-electron chi connectivity index (χ4n) is 10.5. The second-order valence-corrected chi connectivity index (χ2v) is 21.7. The lowest BCUT2D eigenvalue weighted by Crippen LogP contribution is -2.28. The molecule has 0 radical (unpaired) electrons. The van der Waals surface area contributed by atoms with Crippen molar-refractivity contribution in [2.45, 2.75) is 115 Å². The van der Waals surface area contributed by atoms with Crippen LogP contribution in [0.2, 0.25) is 0 Å². The summed E-state index contributed by atoms with van der Waals surface area (Å²) in [5.74, 6) is 0. The minimum absolute atomic E-state index is 0.0737. The van der Waals surface area contributed by atoms with Gasteiger partial charge in [-0.2, -0.15) is 0 Å². The molecular formula is C52H56OP2. The van der Waals surface area contributed by atoms with Gasteiger partial charge in [-0.15, -0.1) is 0 Å². The van der Waals surface area contributed by atoms with E-state index in [2.05, 4.69) is 135 Å². The Morgan fingerprint density at radius 1 is 0.618 bits per heavy atom. The topological polar surface area (TPSA) is 17.1 Å². The average molecular weight is 759 g/mol. The van der Waals surface area contributed by atoms with Gasteiger partial charge in [0.1, 0.15) is 7.14 Å². The second kappa shape index (κ2) is 15.6. The lowest BCUT2D eigenvalue weighted by molar-refractivity contribution is 0.400. The van der Waals surface area contributed by atoms with Crippen LogP contribution >= 0.6 is 15.1 Å². The maximum atomic E-state index is 15.9. The zero-order chi connectivity index (χ0) is 37.4. The molecule has 0 spiro atoms. The molecule has 0 amide bonds. The van der Waals surface area contributed by atoms with Gasteiger partial charge in [0.2, 0.25) is 0 Å². The average Bonchev–Trinajstić information content (AvgIpc) is 3.50. The van der Waals surface area contributed by atoms with E-state index < -0.39 is 15.1 Å². The number of fused-ring (bicyclic) bond motifs is 8. The predicted octanol–water partition coefficient (Wildman–Crippen LogP) is 14.2. The molecule has 2 heterocycles. The molecule has 2 aliphatic heterocycles. The minimum atomic E-state index is -2.86. The molecule has 0 saturated carbocycles. The van der Waals surface area contributed by atoms with Gasteiger partial charge in [0, 0.05) is 28.4 Å². The van der Waals surface area contributed by atoms with Crippen LogP contribution in [0.3, 0.4) is 0 Å². The zero-order valence-corrected chi connectivity index (χ0v) is 34.7. The van der Waals surface area contributed by atoms with Crippen LogP contribution in [-0.2, 0) is 22.3 Å². The van der Waals surface area contributed by atoms with Crippen LogP contribution in [0.1, 0.15) is 125 Å². The Kier molecular flexibility index (Phi) is 10.5. The smallest absolute Gasteiger partial charge is 0.144 e. The molecule has 4 aliphatic rings. The lowest BCUT2D eigenvalue weighted by atomic mass is 9.70. The SMILES string of the molecule is CCCCCCCC1(CCCCCC)c2cc(P3Cc4ccccc4-c4ccccc43)ccc2-c2ccc(P3(=O)Cc4ccccc4C4=C3CCC=C4)cc21. The molecular weight excluding hydrogens is 703 g/mol. The Bertz CT molecular complexity index is 2340. The summed E-state index contributed by atoms with van der Waals surface area (Å²) in [6.45, 7) is 4.65. The van der Waals surface area contributed by atoms with E-state index in [1.54, 1.807) is 5.56 Å². The van der Waals surface area contributed by atoms with Crippen molar-refractivity contribution in [2.75, 3.05) is 0 Å². The molecule has 9 rings (SSSR count). The summed E-state index contributed by atoms with van der Waals surface area (Å²) in [6.07, 6.45) is 21.9. The van der Waals surface area contributed by atoms with Crippen molar-refractivity contribution in [1.29, 1.82) is 0 Å². The Labute approximate surface area is 331 Å². The standard InChI is InChI=1S/C52H56OP2/c1-3-5-7-9-19-33-52(32-18-8-6-4-2)48-34-40(54-36-38-20-10-12-22-42(38)46-24-14-16-26-50(46)54)28-30-44(48)45-31-29-41(35-49(45)52)55(53)37-39-21-11-13-23-43(39)47-25-15-17-27-51(47)55/h10-16,20-26,28-31,34-35H,3-9,17-19,27,32-33,36-37H2,1-2H3. The molecule has 3 atom stereocenters. The molecule has 0 aromatic heterocycles. The first-order valence-corrected chi connectivity index (χ1v) is 24.8. The Morgan fingerprint density at radius 2 is 1.25 bits per heavy atom. The van der Waals surface area contributed by atoms with Gasteiger partial charge in [-0.25, -0.2) is 0 Å². The first kappa shape index (κ1) is 36.9. The maximum Gasteiger partial charge on any atom is 0.144 e. The van der Waals surface area contributed by atoms with Gasteiger partial charge in [-0.1, -0.05) is 181 Å². The number of rotatable bonds is 13. The van der Waals surface area contributed by atoms with Crippen LogP contribution < -0.4 is 15.9 Å². The quantitative estimate of drug-likeness (QED) is 0.0863. The molecule has 2 aliphatic carbocycles. The third-order valence-electron chi connectivity index (χ3n) is 13.3. The molecule has 0 bridgehead atoms. The number of hydrogen-bond acceptors (Lipinski definition) is 1. The van der Waals surface area contributed by atoms with Crippen LogP contribution in [-0.4, -0.2) is 0 Å². The summed E-state index contributed by atoms with van der Waals surface area (Å²) in [4.78, 5) is 0. The molecule has 5 aromatic carbocycles. The van der Waals surface area contributed by atoms with Crippen molar-refractivity contribution in [3.05, 3.63) is 154 Å². The second-order valence-electron chi connectivity index (χ2n) is 16.6. The first-order chi connectivity index (χ1) is 27.1. The van der Waals surface area contributed by atoms with Crippen LogP contribution in [0.4, 0.5) is 0 Å². The van der Waals surface area contributed by atoms with Gasteiger partial charge in [0.25, 0.3) is 0 Å². The van der Waals surface area contributed by atoms with Crippen molar-refractivity contribution >= 4 is 36.6 Å². The van der Waals surface area contributed by atoms with Crippen molar-refractivity contribution in [3.8, 4) is 22.3 Å². The lowest BCUT2D eigenvalue weighted by Gasteiger charge is -2.36. The summed E-state index contributed by atoms with van der Waals surface area (Å²) in [5.41, 5.74) is 13.8. The third-order valence-corrected chi connectivity index (χ3v) is 19.1. The first-order valence-electron chi connectivity index (χ1n) is 21.4. The van der Waals surface area contributed by atoms with Crippen molar-refractivity contribution < 1.29 is 4.57 Å². The predicted molar refractivity (Wildman–Crippen MR) is 239 cm³/mol. The number of benzene rings is 5. The van der Waals surface area contributed by atoms with E-state index in [0.717, 1.165) is 37.1 Å². The molecule has 3 heteroatoms. The van der Waals surface area contributed by atoms with E-state index in [1.165, 1.54) is 124 Å². The summed E-state index contributed by atoms with van der Waals surface area (Å²) in [6, 6.07) is 41.8. The maximum absolute atomic E-state index is 15.9. The highest BCUT2D eigenvalue weighted by molar-refractivity contribution is 7.75. The summed E-state index contributed by atoms with van der Waals surface area (Å²) >= 11 is 0. The van der Waals surface area contributed by atoms with Crippen LogP contribution in [0, 0.1) is 0 Å². The highest BCUT2D eigenvalue weighted by Gasteiger charge is 2.45. The van der Waals surface area contributed by atoms with E-state index in [1.807, 2.05) is 0 Å². The normalized spacial score (nSPS) is 21.7.